The molecule has 0 saturated heterocycles. The number of oxazole rings is 1. The van der Waals surface area contributed by atoms with Crippen molar-refractivity contribution in [1.82, 2.24) is 4.98 Å². The Hall–Kier alpha value is -3.38. The Balaban J connectivity index is 1.28. The lowest BCUT2D eigenvalue weighted by molar-refractivity contribution is -0.115. The zero-order valence-corrected chi connectivity index (χ0v) is 17.5. The molecule has 30 heavy (non-hydrogen) atoms. The predicted octanol–water partition coefficient (Wildman–Crippen LogP) is 5.55. The Morgan fingerprint density at radius 1 is 1.00 bits per heavy atom. The Bertz CT molecular complexity index is 1090. The number of hydrogen-bond donors (Lipinski definition) is 2. The maximum Gasteiger partial charge on any atom is 0.236 e. The van der Waals surface area contributed by atoms with Crippen LogP contribution in [0.4, 0.5) is 11.4 Å². The molecule has 0 saturated carbocycles. The average Bonchev–Trinajstić information content (AvgIpc) is 3.41. The number of hydrogen-bond acceptors (Lipinski definition) is 5. The first kappa shape index (κ1) is 19.9. The van der Waals surface area contributed by atoms with Crippen LogP contribution in [0.2, 0.25) is 0 Å². The number of aromatic nitrogens is 1. The molecule has 0 unspecified atom stereocenters. The van der Waals surface area contributed by atoms with Crippen LogP contribution in [-0.4, -0.2) is 17.4 Å². The number of benzene rings is 2. The van der Waals surface area contributed by atoms with E-state index in [9.17, 15) is 4.79 Å². The molecule has 0 aliphatic heterocycles. The summed E-state index contributed by atoms with van der Waals surface area (Å²) in [6, 6.07) is 22.0. The normalized spacial score (nSPS) is 10.7. The molecule has 0 radical (unpaired) electrons. The molecule has 152 valence electrons. The van der Waals surface area contributed by atoms with Crippen molar-refractivity contribution in [2.45, 2.75) is 19.8 Å². The molecule has 5 nitrogen and oxygen atoms in total. The Morgan fingerprint density at radius 2 is 1.77 bits per heavy atom. The van der Waals surface area contributed by atoms with Crippen LogP contribution in [0.15, 0.2) is 76.5 Å². The molecule has 2 heterocycles. The smallest absolute Gasteiger partial charge is 0.236 e. The quantitative estimate of drug-likeness (QED) is 0.395. The van der Waals surface area contributed by atoms with Gasteiger partial charge in [0.1, 0.15) is 5.76 Å². The number of thiophene rings is 1. The van der Waals surface area contributed by atoms with Crippen molar-refractivity contribution >= 4 is 28.6 Å². The Labute approximate surface area is 179 Å². The van der Waals surface area contributed by atoms with Crippen LogP contribution in [0.25, 0.3) is 10.8 Å². The molecular formula is C24H23N3O2S. The number of carbonyl (C=O) groups excluding carboxylic acids is 1. The predicted molar refractivity (Wildman–Crippen MR) is 122 cm³/mol. The van der Waals surface area contributed by atoms with Gasteiger partial charge in [0.05, 0.1) is 17.0 Å². The van der Waals surface area contributed by atoms with Gasteiger partial charge in [-0.1, -0.05) is 36.4 Å². The van der Waals surface area contributed by atoms with Crippen LogP contribution in [0.1, 0.15) is 17.0 Å². The minimum Gasteiger partial charge on any atom is -0.440 e. The fraction of sp³-hybridized carbons (Fsp3) is 0.167. The summed E-state index contributed by atoms with van der Waals surface area (Å²) < 4.78 is 5.71. The summed E-state index contributed by atoms with van der Waals surface area (Å²) in [6.45, 7) is 2.69. The molecular weight excluding hydrogens is 394 g/mol. The van der Waals surface area contributed by atoms with Crippen molar-refractivity contribution in [1.29, 1.82) is 0 Å². The molecule has 6 heteroatoms. The third-order valence-corrected chi connectivity index (χ3v) is 5.56. The van der Waals surface area contributed by atoms with Crippen molar-refractivity contribution in [3.05, 3.63) is 89.1 Å². The minimum absolute atomic E-state index is 0.117. The molecule has 0 bridgehead atoms. The van der Waals surface area contributed by atoms with Gasteiger partial charge in [-0.2, -0.15) is 0 Å². The molecule has 1 amide bonds. The third kappa shape index (κ3) is 5.15. The molecule has 0 fully saturated rings. The van der Waals surface area contributed by atoms with Crippen LogP contribution in [0, 0.1) is 6.92 Å². The van der Waals surface area contributed by atoms with Gasteiger partial charge in [-0.05, 0) is 54.6 Å². The van der Waals surface area contributed by atoms with E-state index in [2.05, 4.69) is 39.9 Å². The van der Waals surface area contributed by atoms with Crippen molar-refractivity contribution in [3.63, 3.8) is 0 Å². The molecule has 4 aromatic rings. The van der Waals surface area contributed by atoms with Gasteiger partial charge >= 0.3 is 0 Å². The second kappa shape index (κ2) is 9.41. The van der Waals surface area contributed by atoms with Gasteiger partial charge in [0, 0.05) is 17.9 Å². The van der Waals surface area contributed by atoms with Gasteiger partial charge in [-0.3, -0.25) is 4.79 Å². The van der Waals surface area contributed by atoms with Gasteiger partial charge in [0.15, 0.2) is 0 Å². The average molecular weight is 418 g/mol. The molecule has 0 aliphatic carbocycles. The maximum absolute atomic E-state index is 12.4. The van der Waals surface area contributed by atoms with Crippen LogP contribution < -0.4 is 10.6 Å². The summed E-state index contributed by atoms with van der Waals surface area (Å²) in [5, 5.41) is 8.30. The molecule has 4 rings (SSSR count). The zero-order valence-electron chi connectivity index (χ0n) is 16.7. The maximum atomic E-state index is 12.4. The first-order valence-corrected chi connectivity index (χ1v) is 10.7. The number of nitrogens with one attached hydrogen (secondary N) is 2. The highest BCUT2D eigenvalue weighted by Crippen LogP contribution is 2.26. The van der Waals surface area contributed by atoms with Gasteiger partial charge in [-0.25, -0.2) is 4.98 Å². The lowest BCUT2D eigenvalue weighted by Crippen LogP contribution is -2.15. The molecule has 0 atom stereocenters. The lowest BCUT2D eigenvalue weighted by Gasteiger charge is -2.08. The number of nitrogens with zero attached hydrogens (tertiary/aromatic N) is 1. The Kier molecular flexibility index (Phi) is 6.25. The van der Waals surface area contributed by atoms with Crippen molar-refractivity contribution in [2.24, 2.45) is 0 Å². The first-order valence-electron chi connectivity index (χ1n) is 9.85. The molecule has 0 aliphatic rings. The zero-order chi connectivity index (χ0) is 20.8. The van der Waals surface area contributed by atoms with Gasteiger partial charge in [0.25, 0.3) is 0 Å². The van der Waals surface area contributed by atoms with Crippen LogP contribution >= 0.6 is 11.3 Å². The number of anilines is 2. The fourth-order valence-electron chi connectivity index (χ4n) is 3.12. The Morgan fingerprint density at radius 3 is 2.50 bits per heavy atom. The van der Waals surface area contributed by atoms with E-state index in [1.807, 2.05) is 54.8 Å². The van der Waals surface area contributed by atoms with E-state index in [1.165, 1.54) is 5.56 Å². The van der Waals surface area contributed by atoms with Crippen LogP contribution in [-0.2, 0) is 17.6 Å². The third-order valence-electron chi connectivity index (χ3n) is 4.71. The van der Waals surface area contributed by atoms with Gasteiger partial charge in [-0.15, -0.1) is 11.3 Å². The summed E-state index contributed by atoms with van der Waals surface area (Å²) in [5.74, 6) is 1.12. The summed E-state index contributed by atoms with van der Waals surface area (Å²) >= 11 is 1.56. The van der Waals surface area contributed by atoms with E-state index in [0.29, 0.717) is 17.3 Å². The number of rotatable bonds is 8. The van der Waals surface area contributed by atoms with Crippen LogP contribution in [0.3, 0.4) is 0 Å². The highest BCUT2D eigenvalue weighted by molar-refractivity contribution is 7.13. The monoisotopic (exact) mass is 417 g/mol. The lowest BCUT2D eigenvalue weighted by atomic mass is 10.1. The van der Waals surface area contributed by atoms with E-state index in [4.69, 9.17) is 4.42 Å². The second-order valence-corrected chi connectivity index (χ2v) is 7.91. The molecule has 2 N–H and O–H groups in total. The van der Waals surface area contributed by atoms with E-state index in [-0.39, 0.29) is 12.3 Å². The molecule has 2 aromatic heterocycles. The summed E-state index contributed by atoms with van der Waals surface area (Å²) in [7, 11) is 0. The van der Waals surface area contributed by atoms with Gasteiger partial charge in [0.2, 0.25) is 11.8 Å². The highest BCUT2D eigenvalue weighted by Gasteiger charge is 2.15. The second-order valence-electron chi connectivity index (χ2n) is 6.96. The minimum atomic E-state index is -0.117. The molecule has 2 aromatic carbocycles. The van der Waals surface area contributed by atoms with Crippen molar-refractivity contribution in [2.75, 3.05) is 17.2 Å². The number of carbonyl (C=O) groups is 1. The standard InChI is InChI=1S/C24H23N3O2S/c1-17-21(27-24(29-17)22-8-5-15-30-22)16-23(28)26-20-11-9-19(10-12-20)25-14-13-18-6-3-2-4-7-18/h2-12,15,25H,13-14,16H2,1H3,(H,26,28). The van der Waals surface area contributed by atoms with Crippen molar-refractivity contribution < 1.29 is 9.21 Å². The summed E-state index contributed by atoms with van der Waals surface area (Å²) in [4.78, 5) is 17.9. The van der Waals surface area contributed by atoms with E-state index in [1.54, 1.807) is 11.3 Å². The summed E-state index contributed by atoms with van der Waals surface area (Å²) in [5.41, 5.74) is 3.75. The summed E-state index contributed by atoms with van der Waals surface area (Å²) in [6.07, 6.45) is 1.14. The number of amides is 1. The highest BCUT2D eigenvalue weighted by atomic mass is 32.1. The first-order chi connectivity index (χ1) is 14.7. The van der Waals surface area contributed by atoms with E-state index >= 15 is 0 Å². The fourth-order valence-corrected chi connectivity index (χ4v) is 3.77. The van der Waals surface area contributed by atoms with Crippen molar-refractivity contribution in [3.8, 4) is 10.8 Å². The molecule has 0 spiro atoms. The number of aryl methyl sites for hydroxylation is 1. The van der Waals surface area contributed by atoms with E-state index in [0.717, 1.165) is 29.2 Å². The van der Waals surface area contributed by atoms with Gasteiger partial charge < -0.3 is 15.1 Å². The SMILES string of the molecule is Cc1oc(-c2cccs2)nc1CC(=O)Nc1ccc(NCCc2ccccc2)cc1. The topological polar surface area (TPSA) is 67.2 Å². The largest absolute Gasteiger partial charge is 0.440 e. The van der Waals surface area contributed by atoms with E-state index < -0.39 is 0 Å². The van der Waals surface area contributed by atoms with Crippen LogP contribution in [0.5, 0.6) is 0 Å².